The number of nitrogens with zero attached hydrogens (tertiary/aromatic N) is 6. The maximum Gasteiger partial charge on any atom is 0.202 e. The van der Waals surface area contributed by atoms with Crippen molar-refractivity contribution in [2.24, 2.45) is 0 Å². The summed E-state index contributed by atoms with van der Waals surface area (Å²) in [5.74, 6) is 0.395. The first-order chi connectivity index (χ1) is 18.5. The van der Waals surface area contributed by atoms with Crippen molar-refractivity contribution >= 4 is 28.3 Å². The van der Waals surface area contributed by atoms with Crippen LogP contribution >= 0.6 is 11.6 Å². The molecule has 0 radical (unpaired) electrons. The fraction of sp³-hybridized carbons (Fsp3) is 0.379. The lowest BCUT2D eigenvalue weighted by atomic mass is 10.0. The van der Waals surface area contributed by atoms with Gasteiger partial charge in [-0.15, -0.1) is 0 Å². The lowest BCUT2D eigenvalue weighted by Gasteiger charge is -2.40. The Labute approximate surface area is 225 Å². The van der Waals surface area contributed by atoms with E-state index in [2.05, 4.69) is 30.8 Å². The number of fused-ring (bicyclic) bond motifs is 1. The number of benzene rings is 1. The predicted molar refractivity (Wildman–Crippen MR) is 147 cm³/mol. The second-order valence-corrected chi connectivity index (χ2v) is 10.8. The molecule has 1 aromatic carbocycles. The van der Waals surface area contributed by atoms with Crippen molar-refractivity contribution in [1.82, 2.24) is 24.4 Å². The largest absolute Gasteiger partial charge is 0.354 e. The van der Waals surface area contributed by atoms with Crippen molar-refractivity contribution in [1.29, 1.82) is 0 Å². The normalized spacial score (nSPS) is 17.9. The third-order valence-corrected chi connectivity index (χ3v) is 7.84. The van der Waals surface area contributed by atoms with E-state index in [0.717, 1.165) is 55.8 Å². The summed E-state index contributed by atoms with van der Waals surface area (Å²) in [6, 6.07) is 9.36. The molecule has 0 N–H and O–H groups in total. The van der Waals surface area contributed by atoms with Gasteiger partial charge in [-0.3, -0.25) is 19.7 Å². The maximum absolute atomic E-state index is 16.2. The standard InChI is InChI=1S/C29H30ClFN6O/c1-19-13-20(8-9-33-19)16-36(23-3-2-12-35(17-23)27-15-32-10-11-34-27)18-25-28(38)24-7-4-21(30)14-26(24)37(29(25)31)22-5-6-22/h4,7-11,13-15,22-23H,2-3,5-6,12,16-18H2,1H3/t23-/m0/s1. The first kappa shape index (κ1) is 24.9. The average molecular weight is 533 g/mol. The molecule has 1 atom stereocenters. The van der Waals surface area contributed by atoms with E-state index in [0.29, 0.717) is 22.5 Å². The minimum atomic E-state index is -0.440. The molecular weight excluding hydrogens is 503 g/mol. The Balaban J connectivity index is 1.40. The second-order valence-electron chi connectivity index (χ2n) is 10.4. The SMILES string of the molecule is Cc1cc(CN(Cc2c(F)n(C3CC3)c3cc(Cl)ccc3c2=O)[C@H]2CCCN(c3cnccn3)C2)ccn1. The van der Waals surface area contributed by atoms with Gasteiger partial charge in [0.05, 0.1) is 17.3 Å². The third-order valence-electron chi connectivity index (χ3n) is 7.60. The van der Waals surface area contributed by atoms with Gasteiger partial charge in [0.25, 0.3) is 0 Å². The summed E-state index contributed by atoms with van der Waals surface area (Å²) in [7, 11) is 0. The summed E-state index contributed by atoms with van der Waals surface area (Å²) in [5, 5.41) is 1.02. The zero-order valence-electron chi connectivity index (χ0n) is 21.4. The van der Waals surface area contributed by atoms with Crippen LogP contribution in [0, 0.1) is 12.9 Å². The van der Waals surface area contributed by atoms with Crippen LogP contribution in [0.1, 0.15) is 48.5 Å². The van der Waals surface area contributed by atoms with Gasteiger partial charge in [0, 0.05) is 73.0 Å². The number of rotatable bonds is 7. The number of hydrogen-bond acceptors (Lipinski definition) is 6. The topological polar surface area (TPSA) is 67.2 Å². The fourth-order valence-electron chi connectivity index (χ4n) is 5.60. The molecule has 3 aromatic heterocycles. The molecule has 0 unspecified atom stereocenters. The summed E-state index contributed by atoms with van der Waals surface area (Å²) in [4.78, 5) is 31.3. The number of anilines is 1. The zero-order chi connectivity index (χ0) is 26.2. The minimum Gasteiger partial charge on any atom is -0.354 e. The number of aryl methyl sites for hydroxylation is 1. The van der Waals surface area contributed by atoms with E-state index in [9.17, 15) is 4.79 Å². The first-order valence-electron chi connectivity index (χ1n) is 13.2. The van der Waals surface area contributed by atoms with Crippen molar-refractivity contribution in [3.63, 3.8) is 0 Å². The molecule has 7 nitrogen and oxygen atoms in total. The second kappa shape index (κ2) is 10.4. The van der Waals surface area contributed by atoms with Gasteiger partial charge in [-0.1, -0.05) is 11.6 Å². The highest BCUT2D eigenvalue weighted by molar-refractivity contribution is 6.31. The first-order valence-corrected chi connectivity index (χ1v) is 13.5. The van der Waals surface area contributed by atoms with Gasteiger partial charge >= 0.3 is 0 Å². The Bertz CT molecular complexity index is 1520. The van der Waals surface area contributed by atoms with Gasteiger partial charge in [0.2, 0.25) is 5.95 Å². The fourth-order valence-corrected chi connectivity index (χ4v) is 5.77. The minimum absolute atomic E-state index is 0.0634. The van der Waals surface area contributed by atoms with Gasteiger partial charge < -0.3 is 9.47 Å². The van der Waals surface area contributed by atoms with Crippen LogP contribution in [-0.2, 0) is 13.1 Å². The highest BCUT2D eigenvalue weighted by Gasteiger charge is 2.32. The molecule has 9 heteroatoms. The van der Waals surface area contributed by atoms with Crippen LogP contribution in [0.5, 0.6) is 0 Å². The summed E-state index contributed by atoms with van der Waals surface area (Å²) in [6.07, 6.45) is 10.7. The molecule has 1 saturated heterocycles. The molecule has 196 valence electrons. The van der Waals surface area contributed by atoms with E-state index in [1.165, 1.54) is 0 Å². The quantitative estimate of drug-likeness (QED) is 0.301. The summed E-state index contributed by atoms with van der Waals surface area (Å²) in [5.41, 5.74) is 2.55. The van der Waals surface area contributed by atoms with E-state index >= 15 is 4.39 Å². The van der Waals surface area contributed by atoms with Crippen LogP contribution in [0.25, 0.3) is 10.9 Å². The Kier molecular flexibility index (Phi) is 6.84. The molecular formula is C29H30ClFN6O. The Morgan fingerprint density at radius 1 is 1.08 bits per heavy atom. The van der Waals surface area contributed by atoms with E-state index in [1.807, 2.05) is 13.0 Å². The van der Waals surface area contributed by atoms with E-state index < -0.39 is 5.95 Å². The van der Waals surface area contributed by atoms with Crippen LogP contribution in [0.4, 0.5) is 10.2 Å². The Hall–Kier alpha value is -3.36. The summed E-state index contributed by atoms with van der Waals surface area (Å²) >= 11 is 6.25. The molecule has 1 aliphatic heterocycles. The molecule has 0 bridgehead atoms. The van der Waals surface area contributed by atoms with Gasteiger partial charge in [-0.05, 0) is 68.5 Å². The number of aromatic nitrogens is 4. The number of hydrogen-bond donors (Lipinski definition) is 0. The van der Waals surface area contributed by atoms with Crippen LogP contribution in [-0.4, -0.2) is 43.6 Å². The smallest absolute Gasteiger partial charge is 0.202 e. The highest BCUT2D eigenvalue weighted by Crippen LogP contribution is 2.39. The Morgan fingerprint density at radius 3 is 2.71 bits per heavy atom. The number of piperidine rings is 1. The molecule has 1 aliphatic carbocycles. The van der Waals surface area contributed by atoms with E-state index in [1.54, 1.807) is 47.6 Å². The van der Waals surface area contributed by atoms with Gasteiger partial charge in [0.15, 0.2) is 5.43 Å². The van der Waals surface area contributed by atoms with Gasteiger partial charge in [-0.25, -0.2) is 4.98 Å². The van der Waals surface area contributed by atoms with Crippen molar-refractivity contribution in [2.45, 2.75) is 57.8 Å². The van der Waals surface area contributed by atoms with Crippen LogP contribution in [0.15, 0.2) is 59.9 Å². The molecule has 2 aliphatic rings. The van der Waals surface area contributed by atoms with Crippen molar-refractivity contribution in [2.75, 3.05) is 18.0 Å². The molecule has 4 heterocycles. The molecule has 38 heavy (non-hydrogen) atoms. The lowest BCUT2D eigenvalue weighted by Crippen LogP contribution is -2.48. The van der Waals surface area contributed by atoms with Crippen molar-refractivity contribution in [3.8, 4) is 0 Å². The predicted octanol–water partition coefficient (Wildman–Crippen LogP) is 5.29. The zero-order valence-corrected chi connectivity index (χ0v) is 22.1. The highest BCUT2D eigenvalue weighted by atomic mass is 35.5. The van der Waals surface area contributed by atoms with Gasteiger partial charge in [0.1, 0.15) is 5.82 Å². The van der Waals surface area contributed by atoms with Gasteiger partial charge in [-0.2, -0.15) is 4.39 Å². The third kappa shape index (κ3) is 5.02. The van der Waals surface area contributed by atoms with Crippen LogP contribution < -0.4 is 10.3 Å². The van der Waals surface area contributed by atoms with E-state index in [-0.39, 0.29) is 29.6 Å². The maximum atomic E-state index is 16.2. The lowest BCUT2D eigenvalue weighted by molar-refractivity contribution is 0.155. The van der Waals surface area contributed by atoms with Crippen LogP contribution in [0.2, 0.25) is 5.02 Å². The monoisotopic (exact) mass is 532 g/mol. The number of halogens is 2. The summed E-state index contributed by atoms with van der Waals surface area (Å²) < 4.78 is 17.9. The Morgan fingerprint density at radius 2 is 1.95 bits per heavy atom. The molecule has 0 amide bonds. The molecule has 4 aromatic rings. The van der Waals surface area contributed by atoms with Crippen LogP contribution in [0.3, 0.4) is 0 Å². The molecule has 6 rings (SSSR count). The molecule has 0 spiro atoms. The van der Waals surface area contributed by atoms with E-state index in [4.69, 9.17) is 11.6 Å². The average Bonchev–Trinajstić information content (AvgIpc) is 3.76. The molecule has 1 saturated carbocycles. The van der Waals surface area contributed by atoms with Crippen molar-refractivity contribution in [3.05, 3.63) is 93.1 Å². The number of pyridine rings is 2. The molecule has 2 fully saturated rings. The van der Waals surface area contributed by atoms with Crippen molar-refractivity contribution < 1.29 is 4.39 Å². The summed E-state index contributed by atoms with van der Waals surface area (Å²) in [6.45, 7) is 4.38.